The summed E-state index contributed by atoms with van der Waals surface area (Å²) in [5.74, 6) is -1.31. The van der Waals surface area contributed by atoms with Crippen LogP contribution in [0.3, 0.4) is 0 Å². The molecule has 0 unspecified atom stereocenters. The maximum Gasteiger partial charge on any atom is 0.340 e. The number of esters is 1. The monoisotopic (exact) mass is 267 g/mol. The number of ether oxygens (including phenoxy) is 1. The predicted molar refractivity (Wildman–Crippen MR) is 65.0 cm³/mol. The summed E-state index contributed by atoms with van der Waals surface area (Å²) in [5, 5.41) is 8.69. The van der Waals surface area contributed by atoms with Crippen LogP contribution < -0.4 is 5.32 Å². The number of hydrogen-bond donors (Lipinski definition) is 1. The van der Waals surface area contributed by atoms with Gasteiger partial charge < -0.3 is 10.1 Å². The van der Waals surface area contributed by atoms with Gasteiger partial charge in [-0.3, -0.25) is 0 Å². The van der Waals surface area contributed by atoms with Crippen LogP contribution in [-0.4, -0.2) is 22.7 Å². The molecule has 2 rings (SSSR count). The zero-order chi connectivity index (χ0) is 13.0. The third-order valence-corrected chi connectivity index (χ3v) is 2.80. The van der Waals surface area contributed by atoms with Gasteiger partial charge in [0.1, 0.15) is 5.82 Å². The molecule has 0 aliphatic heterocycles. The van der Waals surface area contributed by atoms with E-state index in [4.69, 9.17) is 0 Å². The number of aromatic nitrogens is 2. The Hall–Kier alpha value is -2.02. The fraction of sp³-hybridized carbons (Fsp3) is 0.182. The molecular weight excluding hydrogens is 257 g/mol. The molecule has 7 heteroatoms. The topological polar surface area (TPSA) is 64.1 Å². The highest BCUT2D eigenvalue weighted by Gasteiger charge is 2.12. The third kappa shape index (κ3) is 2.80. The number of carbonyl (C=O) groups is 1. The van der Waals surface area contributed by atoms with Crippen LogP contribution in [0.4, 0.5) is 10.1 Å². The zero-order valence-corrected chi connectivity index (χ0v) is 10.3. The predicted octanol–water partition coefficient (Wildman–Crippen LogP) is 2.08. The SMILES string of the molecule is COC(=O)c1cc(NCc2csnn2)ccc1F. The molecular formula is C11H10FN3O2S. The van der Waals surface area contributed by atoms with Crippen molar-refractivity contribution in [2.75, 3.05) is 12.4 Å². The Kier molecular flexibility index (Phi) is 3.83. The molecule has 18 heavy (non-hydrogen) atoms. The maximum atomic E-state index is 13.4. The van der Waals surface area contributed by atoms with Crippen LogP contribution >= 0.6 is 11.5 Å². The van der Waals surface area contributed by atoms with Crippen molar-refractivity contribution < 1.29 is 13.9 Å². The summed E-state index contributed by atoms with van der Waals surface area (Å²) in [4.78, 5) is 11.3. The van der Waals surface area contributed by atoms with Gasteiger partial charge in [0.05, 0.1) is 24.9 Å². The smallest absolute Gasteiger partial charge is 0.340 e. The van der Waals surface area contributed by atoms with Crippen molar-refractivity contribution in [3.63, 3.8) is 0 Å². The first-order valence-corrected chi connectivity index (χ1v) is 5.92. The highest BCUT2D eigenvalue weighted by molar-refractivity contribution is 7.03. The van der Waals surface area contributed by atoms with Gasteiger partial charge in [-0.25, -0.2) is 9.18 Å². The van der Waals surface area contributed by atoms with Gasteiger partial charge in [0.15, 0.2) is 0 Å². The van der Waals surface area contributed by atoms with Crippen molar-refractivity contribution in [2.24, 2.45) is 0 Å². The Balaban J connectivity index is 2.12. The van der Waals surface area contributed by atoms with Crippen molar-refractivity contribution in [2.45, 2.75) is 6.54 Å². The summed E-state index contributed by atoms with van der Waals surface area (Å²) in [6.45, 7) is 0.461. The number of methoxy groups -OCH3 is 1. The molecule has 0 radical (unpaired) electrons. The number of rotatable bonds is 4. The van der Waals surface area contributed by atoms with E-state index >= 15 is 0 Å². The Morgan fingerprint density at radius 2 is 2.39 bits per heavy atom. The molecule has 0 aliphatic carbocycles. The molecule has 5 nitrogen and oxygen atoms in total. The quantitative estimate of drug-likeness (QED) is 0.859. The number of nitrogens with zero attached hydrogens (tertiary/aromatic N) is 2. The Morgan fingerprint density at radius 1 is 1.56 bits per heavy atom. The van der Waals surface area contributed by atoms with Crippen molar-refractivity contribution in [1.82, 2.24) is 9.59 Å². The first kappa shape index (κ1) is 12.4. The molecule has 0 fully saturated rings. The fourth-order valence-electron chi connectivity index (χ4n) is 1.36. The fourth-order valence-corrected chi connectivity index (χ4v) is 1.81. The second kappa shape index (κ2) is 5.54. The molecule has 1 N–H and O–H groups in total. The van der Waals surface area contributed by atoms with E-state index in [1.54, 1.807) is 11.4 Å². The van der Waals surface area contributed by atoms with Crippen molar-refractivity contribution >= 4 is 23.2 Å². The van der Waals surface area contributed by atoms with Crippen LogP contribution in [0.5, 0.6) is 0 Å². The number of nitrogens with one attached hydrogen (secondary N) is 1. The maximum absolute atomic E-state index is 13.4. The molecule has 0 atom stereocenters. The zero-order valence-electron chi connectivity index (χ0n) is 9.51. The Bertz CT molecular complexity index is 545. The second-order valence-electron chi connectivity index (χ2n) is 3.44. The van der Waals surface area contributed by atoms with Crippen LogP contribution in [0.15, 0.2) is 23.6 Å². The first-order chi connectivity index (χ1) is 8.70. The lowest BCUT2D eigenvalue weighted by Crippen LogP contribution is -2.06. The third-order valence-electron chi connectivity index (χ3n) is 2.25. The van der Waals surface area contributed by atoms with E-state index in [0.29, 0.717) is 12.2 Å². The van der Waals surface area contributed by atoms with Crippen LogP contribution in [0.25, 0.3) is 0 Å². The van der Waals surface area contributed by atoms with Gasteiger partial charge in [0.2, 0.25) is 0 Å². The molecule has 0 bridgehead atoms. The molecule has 1 aromatic carbocycles. The van der Waals surface area contributed by atoms with Crippen molar-refractivity contribution in [3.05, 3.63) is 40.7 Å². The van der Waals surface area contributed by atoms with Crippen LogP contribution in [-0.2, 0) is 11.3 Å². The summed E-state index contributed by atoms with van der Waals surface area (Å²) >= 11 is 1.25. The average Bonchev–Trinajstić information content (AvgIpc) is 2.90. The summed E-state index contributed by atoms with van der Waals surface area (Å²) in [5.41, 5.74) is 1.30. The minimum Gasteiger partial charge on any atom is -0.465 e. The molecule has 1 aromatic heterocycles. The highest BCUT2D eigenvalue weighted by atomic mass is 32.1. The van der Waals surface area contributed by atoms with Gasteiger partial charge in [0, 0.05) is 11.1 Å². The molecule has 0 saturated carbocycles. The van der Waals surface area contributed by atoms with E-state index in [1.807, 2.05) is 0 Å². The molecule has 0 saturated heterocycles. The number of hydrogen-bond acceptors (Lipinski definition) is 6. The van der Waals surface area contributed by atoms with E-state index in [0.717, 1.165) is 5.69 Å². The normalized spacial score (nSPS) is 10.1. The lowest BCUT2D eigenvalue weighted by Gasteiger charge is -2.07. The lowest BCUT2D eigenvalue weighted by atomic mass is 10.2. The lowest BCUT2D eigenvalue weighted by molar-refractivity contribution is 0.0595. The van der Waals surface area contributed by atoms with Crippen molar-refractivity contribution in [3.8, 4) is 0 Å². The van der Waals surface area contributed by atoms with Gasteiger partial charge in [0.25, 0.3) is 0 Å². The number of anilines is 1. The van der Waals surface area contributed by atoms with E-state index in [2.05, 4.69) is 19.6 Å². The summed E-state index contributed by atoms with van der Waals surface area (Å²) in [7, 11) is 1.21. The van der Waals surface area contributed by atoms with Gasteiger partial charge in [-0.1, -0.05) is 4.49 Å². The van der Waals surface area contributed by atoms with E-state index < -0.39 is 11.8 Å². The standard InChI is InChI=1S/C11H10FN3O2S/c1-17-11(16)9-4-7(2-3-10(9)12)13-5-8-6-18-15-14-8/h2-4,6,13H,5H2,1H3. The summed E-state index contributed by atoms with van der Waals surface area (Å²) < 4.78 is 21.6. The second-order valence-corrected chi connectivity index (χ2v) is 4.05. The van der Waals surface area contributed by atoms with Gasteiger partial charge in [-0.05, 0) is 29.7 Å². The largest absolute Gasteiger partial charge is 0.465 e. The molecule has 0 amide bonds. The summed E-state index contributed by atoms with van der Waals surface area (Å²) in [6.07, 6.45) is 0. The number of halogens is 1. The number of benzene rings is 1. The van der Waals surface area contributed by atoms with E-state index in [9.17, 15) is 9.18 Å². The van der Waals surface area contributed by atoms with Crippen LogP contribution in [0.1, 0.15) is 16.1 Å². The Morgan fingerprint density at radius 3 is 3.06 bits per heavy atom. The van der Waals surface area contributed by atoms with Gasteiger partial charge in [-0.15, -0.1) is 5.10 Å². The minimum atomic E-state index is -0.702. The Labute approximate surface area is 107 Å². The molecule has 2 aromatic rings. The van der Waals surface area contributed by atoms with Crippen molar-refractivity contribution in [1.29, 1.82) is 0 Å². The first-order valence-electron chi connectivity index (χ1n) is 5.08. The number of carbonyl (C=O) groups excluding carboxylic acids is 1. The van der Waals surface area contributed by atoms with E-state index in [1.165, 1.54) is 30.8 Å². The van der Waals surface area contributed by atoms with E-state index in [-0.39, 0.29) is 5.56 Å². The highest BCUT2D eigenvalue weighted by Crippen LogP contribution is 2.16. The molecule has 1 heterocycles. The molecule has 0 aliphatic rings. The van der Waals surface area contributed by atoms with Gasteiger partial charge >= 0.3 is 5.97 Å². The molecule has 0 spiro atoms. The van der Waals surface area contributed by atoms with Gasteiger partial charge in [-0.2, -0.15) is 0 Å². The average molecular weight is 267 g/mol. The molecule has 94 valence electrons. The minimum absolute atomic E-state index is 0.0982. The van der Waals surface area contributed by atoms with Crippen LogP contribution in [0.2, 0.25) is 0 Å². The van der Waals surface area contributed by atoms with Crippen LogP contribution in [0, 0.1) is 5.82 Å². The summed E-state index contributed by atoms with van der Waals surface area (Å²) in [6, 6.07) is 4.16.